The van der Waals surface area contributed by atoms with Gasteiger partial charge in [0, 0.05) is 5.56 Å². The lowest BCUT2D eigenvalue weighted by molar-refractivity contribution is -0.494. The number of carbonyl (C=O) groups is 1. The molecule has 0 heterocycles. The monoisotopic (exact) mass is 430 g/mol. The Morgan fingerprint density at radius 3 is 1.75 bits per heavy atom. The highest BCUT2D eigenvalue weighted by Gasteiger charge is 2.79. The van der Waals surface area contributed by atoms with Gasteiger partial charge in [0.1, 0.15) is 0 Å². The number of ketones is 1. The minimum Gasteiger partial charge on any atom is -0.332 e. The summed E-state index contributed by atoms with van der Waals surface area (Å²) in [5, 5.41) is 0. The number of carbonyl (C=O) groups excluding carboxylic acids is 1. The highest BCUT2D eigenvalue weighted by atomic mass is 19.4. The largest absolute Gasteiger partial charge is 0.457 e. The van der Waals surface area contributed by atoms with E-state index in [1.165, 1.54) is 0 Å². The fraction of sp³-hybridized carbons (Fsp3) is 0.533. The summed E-state index contributed by atoms with van der Waals surface area (Å²) in [5.74, 6) is -15.0. The smallest absolute Gasteiger partial charge is 0.332 e. The van der Waals surface area contributed by atoms with Crippen LogP contribution in [-0.4, -0.2) is 42.6 Å². The number of benzene rings is 1. The van der Waals surface area contributed by atoms with Crippen LogP contribution in [0.5, 0.6) is 0 Å². The molecule has 160 valence electrons. The van der Waals surface area contributed by atoms with Gasteiger partial charge < -0.3 is 4.74 Å². The Bertz CT molecular complexity index is 673. The van der Waals surface area contributed by atoms with Crippen LogP contribution in [0.1, 0.15) is 23.7 Å². The average Bonchev–Trinajstić information content (AvgIpc) is 2.57. The van der Waals surface area contributed by atoms with Gasteiger partial charge in [-0.15, -0.1) is 0 Å². The molecule has 13 heteroatoms. The standard InChI is InChI=1S/C15H12F10O3/c1-2-8-27-12(17,14(21,22)23)15(24,25)28-11(16,13(18,19)20)10(26)9-6-4-3-5-7-9/h3-7H,2,8H2,1H3/t11-,12+/m0/s1. The van der Waals surface area contributed by atoms with Crippen molar-refractivity contribution in [1.82, 2.24) is 0 Å². The second-order valence-electron chi connectivity index (χ2n) is 5.35. The molecule has 1 aromatic carbocycles. The summed E-state index contributed by atoms with van der Waals surface area (Å²) < 4.78 is 139. The number of ether oxygens (including phenoxy) is 2. The van der Waals surface area contributed by atoms with E-state index in [0.29, 0.717) is 12.1 Å². The highest BCUT2D eigenvalue weighted by molar-refractivity contribution is 6.02. The first kappa shape index (κ1) is 24.1. The summed E-state index contributed by atoms with van der Waals surface area (Å²) >= 11 is 0. The molecule has 0 saturated carbocycles. The normalized spacial score (nSPS) is 17.7. The molecule has 0 aliphatic carbocycles. The van der Waals surface area contributed by atoms with Crippen LogP contribution in [0.25, 0.3) is 0 Å². The van der Waals surface area contributed by atoms with E-state index >= 15 is 0 Å². The summed E-state index contributed by atoms with van der Waals surface area (Å²) in [5.41, 5.74) is -1.16. The van der Waals surface area contributed by atoms with Crippen LogP contribution in [0.4, 0.5) is 43.9 Å². The fourth-order valence-corrected chi connectivity index (χ4v) is 1.82. The van der Waals surface area contributed by atoms with E-state index < -0.39 is 54.5 Å². The zero-order valence-electron chi connectivity index (χ0n) is 13.8. The van der Waals surface area contributed by atoms with Gasteiger partial charge in [0.25, 0.3) is 0 Å². The number of hydrogen-bond acceptors (Lipinski definition) is 3. The molecule has 2 atom stereocenters. The Hall–Kier alpha value is -1.89. The number of hydrogen-bond donors (Lipinski definition) is 0. The molecular formula is C15H12F10O3. The van der Waals surface area contributed by atoms with Crippen molar-refractivity contribution in [3.63, 3.8) is 0 Å². The summed E-state index contributed by atoms with van der Waals surface area (Å²) in [4.78, 5) is 11.8. The zero-order chi connectivity index (χ0) is 22.0. The Balaban J connectivity index is 3.46. The molecule has 0 aliphatic rings. The second-order valence-corrected chi connectivity index (χ2v) is 5.35. The van der Waals surface area contributed by atoms with Gasteiger partial charge in [0.2, 0.25) is 5.78 Å². The van der Waals surface area contributed by atoms with E-state index in [1.807, 2.05) is 0 Å². The van der Waals surface area contributed by atoms with Crippen LogP contribution >= 0.6 is 0 Å². The third-order valence-electron chi connectivity index (χ3n) is 3.21. The Morgan fingerprint density at radius 1 is 0.857 bits per heavy atom. The van der Waals surface area contributed by atoms with Crippen molar-refractivity contribution in [2.24, 2.45) is 0 Å². The van der Waals surface area contributed by atoms with E-state index in [1.54, 1.807) is 0 Å². The maximum absolute atomic E-state index is 14.3. The van der Waals surface area contributed by atoms with Crippen LogP contribution in [-0.2, 0) is 9.47 Å². The van der Waals surface area contributed by atoms with Crippen molar-refractivity contribution in [3.05, 3.63) is 35.9 Å². The quantitative estimate of drug-likeness (QED) is 0.412. The lowest BCUT2D eigenvalue weighted by atomic mass is 10.0. The van der Waals surface area contributed by atoms with E-state index in [4.69, 9.17) is 0 Å². The van der Waals surface area contributed by atoms with E-state index in [0.717, 1.165) is 25.1 Å². The first-order valence-electron chi connectivity index (χ1n) is 7.36. The number of Topliss-reactive ketones (excluding diaryl/α,β-unsaturated/α-hetero) is 1. The summed E-state index contributed by atoms with van der Waals surface area (Å²) in [6.45, 7) is -0.253. The maximum Gasteiger partial charge on any atom is 0.457 e. The molecule has 0 aromatic heterocycles. The van der Waals surface area contributed by atoms with Crippen LogP contribution < -0.4 is 0 Å². The predicted octanol–water partition coefficient (Wildman–Crippen LogP) is 5.36. The topological polar surface area (TPSA) is 35.5 Å². The van der Waals surface area contributed by atoms with Crippen LogP contribution in [0.3, 0.4) is 0 Å². The van der Waals surface area contributed by atoms with E-state index in [2.05, 4.69) is 9.47 Å². The van der Waals surface area contributed by atoms with Crippen molar-refractivity contribution in [1.29, 1.82) is 0 Å². The third kappa shape index (κ3) is 4.40. The molecule has 0 aliphatic heterocycles. The van der Waals surface area contributed by atoms with Gasteiger partial charge in [0.05, 0.1) is 6.61 Å². The molecule has 3 nitrogen and oxygen atoms in total. The average molecular weight is 430 g/mol. The predicted molar refractivity (Wildman–Crippen MR) is 72.8 cm³/mol. The maximum atomic E-state index is 14.3. The lowest BCUT2D eigenvalue weighted by Gasteiger charge is -2.37. The fourth-order valence-electron chi connectivity index (χ4n) is 1.82. The number of rotatable bonds is 8. The van der Waals surface area contributed by atoms with Gasteiger partial charge in [-0.25, -0.2) is 0 Å². The van der Waals surface area contributed by atoms with Gasteiger partial charge in [-0.3, -0.25) is 9.53 Å². The summed E-state index contributed by atoms with van der Waals surface area (Å²) in [6.07, 6.45) is -20.3. The molecule has 0 saturated heterocycles. The van der Waals surface area contributed by atoms with E-state index in [-0.39, 0.29) is 0 Å². The molecule has 1 rings (SSSR count). The van der Waals surface area contributed by atoms with Crippen molar-refractivity contribution < 1.29 is 58.2 Å². The molecule has 0 fully saturated rings. The zero-order valence-corrected chi connectivity index (χ0v) is 13.8. The summed E-state index contributed by atoms with van der Waals surface area (Å²) in [6, 6.07) is 4.12. The molecule has 0 bridgehead atoms. The SMILES string of the molecule is CCCO[C@](F)(C(F)(F)F)C(F)(F)O[C@@](F)(C(=O)c1ccccc1)C(F)(F)F. The Kier molecular flexibility index (Phi) is 6.77. The van der Waals surface area contributed by atoms with Gasteiger partial charge in [-0.05, 0) is 6.42 Å². The molecule has 0 spiro atoms. The number of halogens is 10. The van der Waals surface area contributed by atoms with Crippen molar-refractivity contribution >= 4 is 5.78 Å². The van der Waals surface area contributed by atoms with Gasteiger partial charge in [0.15, 0.2) is 0 Å². The highest BCUT2D eigenvalue weighted by Crippen LogP contribution is 2.51. The molecule has 1 aromatic rings. The van der Waals surface area contributed by atoms with Crippen LogP contribution in [0.2, 0.25) is 0 Å². The van der Waals surface area contributed by atoms with Crippen LogP contribution in [0, 0.1) is 0 Å². The van der Waals surface area contributed by atoms with Crippen LogP contribution in [0.15, 0.2) is 30.3 Å². The summed E-state index contributed by atoms with van der Waals surface area (Å²) in [7, 11) is 0. The van der Waals surface area contributed by atoms with Crippen molar-refractivity contribution in [3.8, 4) is 0 Å². The molecule has 0 unspecified atom stereocenters. The first-order chi connectivity index (χ1) is 12.5. The van der Waals surface area contributed by atoms with Gasteiger partial charge in [-0.1, -0.05) is 37.3 Å². The van der Waals surface area contributed by atoms with Crippen molar-refractivity contribution in [2.45, 2.75) is 43.5 Å². The second kappa shape index (κ2) is 7.85. The molecule has 0 amide bonds. The third-order valence-corrected chi connectivity index (χ3v) is 3.21. The lowest BCUT2D eigenvalue weighted by Crippen LogP contribution is -2.64. The Morgan fingerprint density at radius 2 is 1.36 bits per heavy atom. The van der Waals surface area contributed by atoms with E-state index in [9.17, 15) is 48.7 Å². The first-order valence-corrected chi connectivity index (χ1v) is 7.36. The molecule has 0 N–H and O–H groups in total. The molecule has 28 heavy (non-hydrogen) atoms. The Labute approximate surface area is 151 Å². The minimum absolute atomic E-state index is 0.458. The number of alkyl halides is 10. The van der Waals surface area contributed by atoms with Crippen molar-refractivity contribution in [2.75, 3.05) is 6.61 Å². The molecule has 0 radical (unpaired) electrons. The van der Waals surface area contributed by atoms with Gasteiger partial charge >= 0.3 is 30.2 Å². The minimum atomic E-state index is -6.63. The van der Waals surface area contributed by atoms with Gasteiger partial charge in [-0.2, -0.15) is 43.9 Å². The molecular weight excluding hydrogens is 418 g/mol.